The van der Waals surface area contributed by atoms with Crippen molar-refractivity contribution in [2.24, 2.45) is 0 Å². The van der Waals surface area contributed by atoms with Gasteiger partial charge in [-0.25, -0.2) is 13.1 Å². The number of sulfone groups is 1. The van der Waals surface area contributed by atoms with Crippen molar-refractivity contribution in [3.05, 3.63) is 77.4 Å². The SMILES string of the molecule is CN(C)C1CCN(C(=O)c2cc(-c3ccc(-c4cccc(S(C)(=O)=O)c4)s3)n(-c3ccccc3Cl)n2)CC1. The predicted molar refractivity (Wildman–Crippen MR) is 153 cm³/mol. The zero-order valence-corrected chi connectivity index (χ0v) is 23.9. The number of amides is 1. The minimum absolute atomic E-state index is 0.0908. The first-order valence-electron chi connectivity index (χ1n) is 12.3. The highest BCUT2D eigenvalue weighted by molar-refractivity contribution is 7.90. The van der Waals surface area contributed by atoms with Gasteiger partial charge in [0.05, 0.1) is 26.2 Å². The number of piperidine rings is 1. The highest BCUT2D eigenvalue weighted by Crippen LogP contribution is 2.37. The number of hydrogen-bond donors (Lipinski definition) is 0. The molecule has 0 aliphatic carbocycles. The van der Waals surface area contributed by atoms with Crippen molar-refractivity contribution < 1.29 is 13.2 Å². The van der Waals surface area contributed by atoms with E-state index in [9.17, 15) is 13.2 Å². The number of carbonyl (C=O) groups is 1. The minimum Gasteiger partial charge on any atom is -0.337 e. The number of hydrogen-bond acceptors (Lipinski definition) is 6. The molecule has 1 saturated heterocycles. The highest BCUT2D eigenvalue weighted by atomic mass is 35.5. The molecule has 4 aromatic rings. The lowest BCUT2D eigenvalue weighted by Crippen LogP contribution is -2.44. The van der Waals surface area contributed by atoms with Crippen LogP contribution in [0.3, 0.4) is 0 Å². The molecule has 3 heterocycles. The molecule has 0 N–H and O–H groups in total. The van der Waals surface area contributed by atoms with Crippen molar-refractivity contribution in [2.75, 3.05) is 33.4 Å². The Morgan fingerprint density at radius 2 is 1.71 bits per heavy atom. The van der Waals surface area contributed by atoms with E-state index >= 15 is 0 Å². The second kappa shape index (κ2) is 10.6. The quantitative estimate of drug-likeness (QED) is 0.307. The third-order valence-electron chi connectivity index (χ3n) is 6.90. The topological polar surface area (TPSA) is 75.5 Å². The van der Waals surface area contributed by atoms with Gasteiger partial charge in [-0.3, -0.25) is 4.79 Å². The van der Waals surface area contributed by atoms with Crippen LogP contribution < -0.4 is 0 Å². The van der Waals surface area contributed by atoms with Crippen LogP contribution in [0.15, 0.2) is 71.6 Å². The molecule has 0 bridgehead atoms. The molecule has 5 rings (SSSR count). The molecule has 0 unspecified atom stereocenters. The summed E-state index contributed by atoms with van der Waals surface area (Å²) in [6.45, 7) is 1.38. The second-order valence-electron chi connectivity index (χ2n) is 9.73. The van der Waals surface area contributed by atoms with Crippen LogP contribution in [0.25, 0.3) is 26.7 Å². The number of nitrogens with zero attached hydrogens (tertiary/aromatic N) is 4. The molecule has 0 saturated carbocycles. The van der Waals surface area contributed by atoms with Gasteiger partial charge in [0.1, 0.15) is 0 Å². The maximum absolute atomic E-state index is 13.5. The van der Waals surface area contributed by atoms with Gasteiger partial charge in [-0.15, -0.1) is 11.3 Å². The Morgan fingerprint density at radius 1 is 1.00 bits per heavy atom. The highest BCUT2D eigenvalue weighted by Gasteiger charge is 2.27. The van der Waals surface area contributed by atoms with E-state index in [-0.39, 0.29) is 10.8 Å². The number of aromatic nitrogens is 2. The van der Waals surface area contributed by atoms with Crippen molar-refractivity contribution in [3.8, 4) is 26.7 Å². The van der Waals surface area contributed by atoms with E-state index in [1.807, 2.05) is 47.4 Å². The van der Waals surface area contributed by atoms with E-state index in [1.54, 1.807) is 28.9 Å². The molecule has 1 aliphatic rings. The van der Waals surface area contributed by atoms with Crippen molar-refractivity contribution in [1.29, 1.82) is 0 Å². The minimum atomic E-state index is -3.32. The second-order valence-corrected chi connectivity index (χ2v) is 13.2. The molecule has 7 nitrogen and oxygen atoms in total. The smallest absolute Gasteiger partial charge is 0.274 e. The van der Waals surface area contributed by atoms with Gasteiger partial charge in [-0.05, 0) is 75.0 Å². The summed E-state index contributed by atoms with van der Waals surface area (Å²) in [5.74, 6) is -0.0908. The van der Waals surface area contributed by atoms with Gasteiger partial charge in [0, 0.05) is 30.3 Å². The van der Waals surface area contributed by atoms with Crippen molar-refractivity contribution in [3.63, 3.8) is 0 Å². The fourth-order valence-electron chi connectivity index (χ4n) is 4.73. The fourth-order valence-corrected chi connectivity index (χ4v) is 6.61. The van der Waals surface area contributed by atoms with Crippen LogP contribution in [-0.4, -0.2) is 73.4 Å². The summed E-state index contributed by atoms with van der Waals surface area (Å²) in [6, 6.07) is 20.6. The molecular formula is C28H29ClN4O3S2. The zero-order valence-electron chi connectivity index (χ0n) is 21.5. The molecule has 2 aromatic carbocycles. The normalized spacial score (nSPS) is 14.8. The molecular weight excluding hydrogens is 540 g/mol. The Kier molecular flexibility index (Phi) is 7.46. The standard InChI is InChI=1S/C28H29ClN4O3S2/c1-31(2)20-13-15-32(16-14-20)28(34)23-18-25(33(30-23)24-10-5-4-9-22(24)29)27-12-11-26(37-27)19-7-6-8-21(17-19)38(3,35)36/h4-12,17-18,20H,13-16H2,1-3H3. The summed E-state index contributed by atoms with van der Waals surface area (Å²) in [4.78, 5) is 19.7. The van der Waals surface area contributed by atoms with E-state index in [0.717, 1.165) is 33.9 Å². The van der Waals surface area contributed by atoms with Crippen LogP contribution >= 0.6 is 22.9 Å². The van der Waals surface area contributed by atoms with Crippen molar-refractivity contribution in [2.45, 2.75) is 23.8 Å². The number of carbonyl (C=O) groups excluding carboxylic acids is 1. The van der Waals surface area contributed by atoms with E-state index < -0.39 is 9.84 Å². The summed E-state index contributed by atoms with van der Waals surface area (Å²) in [5.41, 5.74) is 2.62. The van der Waals surface area contributed by atoms with Gasteiger partial charge in [0.15, 0.2) is 15.5 Å². The first-order valence-corrected chi connectivity index (χ1v) is 15.4. The molecule has 10 heteroatoms. The van der Waals surface area contributed by atoms with Gasteiger partial charge in [-0.2, -0.15) is 5.10 Å². The predicted octanol–water partition coefficient (Wildman–Crippen LogP) is 5.49. The summed E-state index contributed by atoms with van der Waals surface area (Å²) in [7, 11) is 0.831. The van der Waals surface area contributed by atoms with Crippen LogP contribution in [0.5, 0.6) is 0 Å². The molecule has 1 amide bonds. The summed E-state index contributed by atoms with van der Waals surface area (Å²) in [6.07, 6.45) is 3.06. The number of likely N-dealkylation sites (tertiary alicyclic amines) is 1. The average molecular weight is 569 g/mol. The van der Waals surface area contributed by atoms with Gasteiger partial charge < -0.3 is 9.80 Å². The molecule has 38 heavy (non-hydrogen) atoms. The molecule has 198 valence electrons. The number of halogens is 1. The Bertz CT molecular complexity index is 1580. The fraction of sp³-hybridized carbons (Fsp3) is 0.286. The first-order chi connectivity index (χ1) is 18.1. The Labute approximate surface area is 232 Å². The number of benzene rings is 2. The summed E-state index contributed by atoms with van der Waals surface area (Å²) in [5, 5.41) is 5.26. The van der Waals surface area contributed by atoms with Crippen molar-refractivity contribution >= 4 is 38.7 Å². The Hall–Kier alpha value is -2.98. The van der Waals surface area contributed by atoms with Crippen LogP contribution in [-0.2, 0) is 9.84 Å². The monoisotopic (exact) mass is 568 g/mol. The molecule has 1 aliphatic heterocycles. The first kappa shape index (κ1) is 26.6. The number of para-hydroxylation sites is 1. The Morgan fingerprint density at radius 3 is 2.39 bits per heavy atom. The number of thiophene rings is 1. The largest absolute Gasteiger partial charge is 0.337 e. The lowest BCUT2D eigenvalue weighted by molar-refractivity contribution is 0.0657. The van der Waals surface area contributed by atoms with Gasteiger partial charge in [0.2, 0.25) is 0 Å². The van der Waals surface area contributed by atoms with E-state index in [4.69, 9.17) is 16.7 Å². The molecule has 0 spiro atoms. The maximum Gasteiger partial charge on any atom is 0.274 e. The average Bonchev–Trinajstić information content (AvgIpc) is 3.56. The van der Waals surface area contributed by atoms with Gasteiger partial charge in [0.25, 0.3) is 5.91 Å². The molecule has 1 fully saturated rings. The summed E-state index contributed by atoms with van der Waals surface area (Å²) >= 11 is 8.06. The molecule has 0 atom stereocenters. The van der Waals surface area contributed by atoms with E-state index in [0.29, 0.717) is 35.5 Å². The van der Waals surface area contributed by atoms with Crippen LogP contribution in [0.1, 0.15) is 23.3 Å². The van der Waals surface area contributed by atoms with Crippen molar-refractivity contribution in [1.82, 2.24) is 19.6 Å². The van der Waals surface area contributed by atoms with E-state index in [1.165, 1.54) is 17.6 Å². The molecule has 0 radical (unpaired) electrons. The maximum atomic E-state index is 13.5. The lowest BCUT2D eigenvalue weighted by Gasteiger charge is -2.34. The zero-order chi connectivity index (χ0) is 27.0. The lowest BCUT2D eigenvalue weighted by atomic mass is 10.0. The van der Waals surface area contributed by atoms with E-state index in [2.05, 4.69) is 19.0 Å². The number of rotatable bonds is 6. The van der Waals surface area contributed by atoms with Crippen LogP contribution in [0, 0.1) is 0 Å². The third-order valence-corrected chi connectivity index (χ3v) is 9.48. The van der Waals surface area contributed by atoms with Gasteiger partial charge in [-0.1, -0.05) is 35.9 Å². The third kappa shape index (κ3) is 5.42. The van der Waals surface area contributed by atoms with Crippen LogP contribution in [0.2, 0.25) is 5.02 Å². The summed E-state index contributed by atoms with van der Waals surface area (Å²) < 4.78 is 25.9. The van der Waals surface area contributed by atoms with Crippen LogP contribution in [0.4, 0.5) is 0 Å². The Balaban J connectivity index is 1.52. The molecule has 2 aromatic heterocycles. The van der Waals surface area contributed by atoms with Gasteiger partial charge >= 0.3 is 0 Å².